The van der Waals surface area contributed by atoms with Crippen molar-refractivity contribution >= 4 is 30.4 Å². The number of carbonyl (C=O) groups excluding carboxylic acids is 3. The summed E-state index contributed by atoms with van der Waals surface area (Å²) in [6.45, 7) is 6.14. The summed E-state index contributed by atoms with van der Waals surface area (Å²) in [6, 6.07) is 19.5. The minimum Gasteiger partial charge on any atom is -0.460 e. The quantitative estimate of drug-likeness (QED) is 0.286. The molecule has 0 aromatic heterocycles. The van der Waals surface area contributed by atoms with Crippen LogP contribution in [0.15, 0.2) is 60.7 Å². The third-order valence-corrected chi connectivity index (χ3v) is 9.06. The fourth-order valence-electron chi connectivity index (χ4n) is 7.06. The van der Waals surface area contributed by atoms with Crippen molar-refractivity contribution in [2.45, 2.75) is 115 Å². The highest BCUT2D eigenvalue weighted by Gasteiger charge is 2.50. The molecule has 6 atom stereocenters. The first-order valence-electron chi connectivity index (χ1n) is 15.9. The Kier molecular flexibility index (Phi) is 11.7. The molecule has 2 aliphatic carbocycles. The fourth-order valence-corrected chi connectivity index (χ4v) is 7.06. The Balaban J connectivity index is 0.000000206. The van der Waals surface area contributed by atoms with E-state index in [2.05, 4.69) is 5.32 Å². The van der Waals surface area contributed by atoms with Gasteiger partial charge in [0.25, 0.3) is 0 Å². The van der Waals surface area contributed by atoms with E-state index < -0.39 is 17.7 Å². The summed E-state index contributed by atoms with van der Waals surface area (Å²) in [7, 11) is 0. The Morgan fingerprint density at radius 1 is 0.773 bits per heavy atom. The van der Waals surface area contributed by atoms with E-state index in [1.807, 2.05) is 81.4 Å². The van der Waals surface area contributed by atoms with E-state index in [9.17, 15) is 14.4 Å². The number of likely N-dealkylation sites (tertiary alicyclic amines) is 1. The van der Waals surface area contributed by atoms with Gasteiger partial charge in [0.2, 0.25) is 0 Å². The molecule has 4 aliphatic rings. The molecule has 2 saturated carbocycles. The first-order valence-corrected chi connectivity index (χ1v) is 15.9. The van der Waals surface area contributed by atoms with Crippen LogP contribution >= 0.6 is 12.4 Å². The lowest BCUT2D eigenvalue weighted by molar-refractivity contribution is -0.150. The first-order chi connectivity index (χ1) is 20.7. The highest BCUT2D eigenvalue weighted by Crippen LogP contribution is 2.42. The molecule has 8 nitrogen and oxygen atoms in total. The van der Waals surface area contributed by atoms with Crippen LogP contribution in [0.4, 0.5) is 4.79 Å². The summed E-state index contributed by atoms with van der Waals surface area (Å²) in [6.07, 6.45) is 8.11. The average Bonchev–Trinajstić information content (AvgIpc) is 3.76. The average molecular weight is 627 g/mol. The Bertz CT molecular complexity index is 1220. The molecular formula is C35H47ClN2O6. The molecule has 9 heteroatoms. The van der Waals surface area contributed by atoms with E-state index in [0.29, 0.717) is 30.9 Å². The SMILES string of the molecule is CC(C)(C)OC(=O)N1[C@H](C(=O)OCc2ccccc2)C[C@@H]2CCC[C@@H]21.Cl.O=C(OCc1ccccc1)[C@@H]1C[C@@H]2CCC[C@@H]2N1. The van der Waals surface area contributed by atoms with E-state index in [0.717, 1.165) is 36.8 Å². The number of benzene rings is 2. The minimum atomic E-state index is -0.577. The molecule has 4 fully saturated rings. The minimum absolute atomic E-state index is 0. The third kappa shape index (κ3) is 8.75. The monoisotopic (exact) mass is 626 g/mol. The smallest absolute Gasteiger partial charge is 0.411 e. The third-order valence-electron chi connectivity index (χ3n) is 9.06. The molecule has 2 aliphatic heterocycles. The normalized spacial score (nSPS) is 26.8. The number of esters is 2. The summed E-state index contributed by atoms with van der Waals surface area (Å²) in [5.41, 5.74) is 1.41. The van der Waals surface area contributed by atoms with Crippen LogP contribution < -0.4 is 5.32 Å². The van der Waals surface area contributed by atoms with Gasteiger partial charge in [0, 0.05) is 12.1 Å². The number of hydrogen-bond acceptors (Lipinski definition) is 7. The Hall–Kier alpha value is -3.10. The van der Waals surface area contributed by atoms with Gasteiger partial charge in [-0.1, -0.05) is 73.5 Å². The number of ether oxygens (including phenoxy) is 3. The van der Waals surface area contributed by atoms with Crippen molar-refractivity contribution in [3.8, 4) is 0 Å². The molecule has 1 N–H and O–H groups in total. The zero-order chi connectivity index (χ0) is 30.4. The predicted octanol–water partition coefficient (Wildman–Crippen LogP) is 6.59. The summed E-state index contributed by atoms with van der Waals surface area (Å²) >= 11 is 0. The molecule has 6 rings (SSSR count). The largest absolute Gasteiger partial charge is 0.460 e. The van der Waals surface area contributed by atoms with E-state index in [1.54, 1.807) is 4.90 Å². The van der Waals surface area contributed by atoms with Crippen LogP contribution in [0.5, 0.6) is 0 Å². The summed E-state index contributed by atoms with van der Waals surface area (Å²) < 4.78 is 16.4. The van der Waals surface area contributed by atoms with Gasteiger partial charge >= 0.3 is 18.0 Å². The van der Waals surface area contributed by atoms with Crippen molar-refractivity contribution in [2.75, 3.05) is 0 Å². The standard InChI is InChI=1S/C20H27NO4.C15H19NO2.ClH/c1-20(2,3)25-19(23)21-16-11-7-10-15(16)12-17(21)18(22)24-13-14-8-5-4-6-9-14;17-15(18-10-11-5-2-1-3-6-11)14-9-12-7-4-8-13(12)16-14;/h4-6,8-9,15-17H,7,10-13H2,1-3H3;1-3,5-6,12-14,16H,4,7-10H2;1H/t15-,16-,17-;12-,13-,14-;/m00./s1. The molecule has 0 bridgehead atoms. The van der Waals surface area contributed by atoms with Gasteiger partial charge in [-0.15, -0.1) is 12.4 Å². The van der Waals surface area contributed by atoms with Crippen LogP contribution in [0.25, 0.3) is 0 Å². The van der Waals surface area contributed by atoms with E-state index in [4.69, 9.17) is 14.2 Å². The second-order valence-corrected chi connectivity index (χ2v) is 13.3. The van der Waals surface area contributed by atoms with Gasteiger partial charge in [0.05, 0.1) is 0 Å². The second kappa shape index (κ2) is 15.3. The fraction of sp³-hybridized carbons (Fsp3) is 0.571. The van der Waals surface area contributed by atoms with Gasteiger partial charge in [-0.2, -0.15) is 0 Å². The zero-order valence-electron chi connectivity index (χ0n) is 26.1. The highest BCUT2D eigenvalue weighted by molar-refractivity contribution is 5.85. The van der Waals surface area contributed by atoms with Crippen molar-refractivity contribution in [1.82, 2.24) is 10.2 Å². The van der Waals surface area contributed by atoms with Gasteiger partial charge in [0.15, 0.2) is 0 Å². The van der Waals surface area contributed by atoms with Gasteiger partial charge in [-0.05, 0) is 82.3 Å². The number of halogens is 1. The van der Waals surface area contributed by atoms with Crippen LogP contribution in [-0.4, -0.2) is 52.7 Å². The van der Waals surface area contributed by atoms with Gasteiger partial charge in [0.1, 0.15) is 30.9 Å². The number of amides is 1. The lowest BCUT2D eigenvalue weighted by atomic mass is 10.0. The van der Waals surface area contributed by atoms with Crippen molar-refractivity contribution in [1.29, 1.82) is 0 Å². The van der Waals surface area contributed by atoms with Gasteiger partial charge < -0.3 is 19.5 Å². The van der Waals surface area contributed by atoms with E-state index in [-0.39, 0.29) is 43.0 Å². The van der Waals surface area contributed by atoms with Crippen LogP contribution in [-0.2, 0) is 37.0 Å². The van der Waals surface area contributed by atoms with Gasteiger partial charge in [-0.25, -0.2) is 9.59 Å². The van der Waals surface area contributed by atoms with Crippen LogP contribution in [0.1, 0.15) is 83.3 Å². The molecule has 2 heterocycles. The highest BCUT2D eigenvalue weighted by atomic mass is 35.5. The maximum Gasteiger partial charge on any atom is 0.411 e. The van der Waals surface area contributed by atoms with Crippen LogP contribution in [0.3, 0.4) is 0 Å². The number of hydrogen-bond donors (Lipinski definition) is 1. The molecule has 2 saturated heterocycles. The van der Waals surface area contributed by atoms with Crippen molar-refractivity contribution in [3.05, 3.63) is 71.8 Å². The topological polar surface area (TPSA) is 94.2 Å². The lowest BCUT2D eigenvalue weighted by Crippen LogP contribution is -2.47. The van der Waals surface area contributed by atoms with Gasteiger partial charge in [-0.3, -0.25) is 9.69 Å². The maximum atomic E-state index is 12.7. The number of nitrogens with zero attached hydrogens (tertiary/aromatic N) is 1. The molecule has 1 amide bonds. The second-order valence-electron chi connectivity index (χ2n) is 13.3. The molecule has 2 aromatic carbocycles. The van der Waals surface area contributed by atoms with Crippen LogP contribution in [0, 0.1) is 11.8 Å². The van der Waals surface area contributed by atoms with Crippen molar-refractivity contribution < 1.29 is 28.6 Å². The molecular weight excluding hydrogens is 580 g/mol. The Morgan fingerprint density at radius 2 is 1.34 bits per heavy atom. The molecule has 0 radical (unpaired) electrons. The van der Waals surface area contributed by atoms with Crippen LogP contribution in [0.2, 0.25) is 0 Å². The van der Waals surface area contributed by atoms with Crippen molar-refractivity contribution in [3.63, 3.8) is 0 Å². The summed E-state index contributed by atoms with van der Waals surface area (Å²) in [4.78, 5) is 39.0. The summed E-state index contributed by atoms with van der Waals surface area (Å²) in [5, 5.41) is 3.41. The number of rotatable bonds is 6. The van der Waals surface area contributed by atoms with E-state index >= 15 is 0 Å². The number of carbonyl (C=O) groups is 3. The predicted molar refractivity (Wildman–Crippen MR) is 170 cm³/mol. The Labute approximate surface area is 267 Å². The van der Waals surface area contributed by atoms with Crippen molar-refractivity contribution in [2.24, 2.45) is 11.8 Å². The Morgan fingerprint density at radius 3 is 1.93 bits per heavy atom. The lowest BCUT2D eigenvalue weighted by Gasteiger charge is -2.31. The number of nitrogens with one attached hydrogen (secondary N) is 1. The molecule has 0 spiro atoms. The molecule has 2 aromatic rings. The zero-order valence-corrected chi connectivity index (χ0v) is 26.9. The molecule has 44 heavy (non-hydrogen) atoms. The summed E-state index contributed by atoms with van der Waals surface area (Å²) in [5.74, 6) is 0.651. The number of fused-ring (bicyclic) bond motifs is 2. The molecule has 240 valence electrons. The van der Waals surface area contributed by atoms with E-state index in [1.165, 1.54) is 19.3 Å². The first kappa shape index (κ1) is 33.8. The molecule has 0 unspecified atom stereocenters. The maximum absolute atomic E-state index is 12.7.